The lowest BCUT2D eigenvalue weighted by Crippen LogP contribution is -2.79. The van der Waals surface area contributed by atoms with Crippen molar-refractivity contribution in [1.82, 2.24) is 4.90 Å². The van der Waals surface area contributed by atoms with Gasteiger partial charge >= 0.3 is 0 Å². The fourth-order valence-corrected chi connectivity index (χ4v) is 8.54. The van der Waals surface area contributed by atoms with Gasteiger partial charge in [-0.25, -0.2) is 0 Å². The van der Waals surface area contributed by atoms with Crippen LogP contribution in [0.3, 0.4) is 0 Å². The lowest BCUT2D eigenvalue weighted by Gasteiger charge is -2.70. The summed E-state index contributed by atoms with van der Waals surface area (Å²) in [6.07, 6.45) is 3.57. The second kappa shape index (κ2) is 6.89. The summed E-state index contributed by atoms with van der Waals surface area (Å²) in [5.74, 6) is 1.66. The Labute approximate surface area is 199 Å². The lowest BCUT2D eigenvalue weighted by atomic mass is 9.38. The van der Waals surface area contributed by atoms with Crippen molar-refractivity contribution in [2.24, 2.45) is 16.7 Å². The Morgan fingerprint density at radius 1 is 1.21 bits per heavy atom. The number of rotatable bonds is 4. The monoisotopic (exact) mass is 457 g/mol. The molecular weight excluding hydrogens is 414 g/mol. The van der Waals surface area contributed by atoms with Gasteiger partial charge in [-0.05, 0) is 68.7 Å². The number of ether oxygens (including phenoxy) is 3. The van der Waals surface area contributed by atoms with Crippen LogP contribution in [0.2, 0.25) is 0 Å². The molecule has 1 aromatic carbocycles. The van der Waals surface area contributed by atoms with Crippen molar-refractivity contribution in [3.8, 4) is 11.5 Å². The maximum Gasteiger partial charge on any atom is 0.165 e. The first-order valence-electron chi connectivity index (χ1n) is 12.7. The van der Waals surface area contributed by atoms with E-state index in [-0.39, 0.29) is 28.3 Å². The highest BCUT2D eigenvalue weighted by atomic mass is 16.6. The molecule has 2 aliphatic carbocycles. The van der Waals surface area contributed by atoms with Crippen LogP contribution >= 0.6 is 0 Å². The zero-order valence-electron chi connectivity index (χ0n) is 22.0. The Kier molecular flexibility index (Phi) is 4.89. The Hall–Kier alpha value is -1.30. The van der Waals surface area contributed by atoms with Crippen LogP contribution in [0.1, 0.15) is 71.9 Å². The SMILES string of the molecule is CC[C@]1(OC)[C@@H]2Oc3c(OC)ccc4c3C23CCN(C)[C@H](C4)[C@@]3(C)C[C@@H]1[C@@](C)(O)C(C)(C)C. The van der Waals surface area contributed by atoms with E-state index in [2.05, 4.69) is 58.7 Å². The average Bonchev–Trinajstić information content (AvgIpc) is 3.11. The molecule has 7 atom stereocenters. The third-order valence-electron chi connectivity index (χ3n) is 10.9. The molecule has 0 aromatic heterocycles. The Morgan fingerprint density at radius 3 is 2.48 bits per heavy atom. The van der Waals surface area contributed by atoms with Crippen LogP contribution in [0, 0.1) is 16.7 Å². The van der Waals surface area contributed by atoms with E-state index in [1.54, 1.807) is 7.11 Å². The minimum Gasteiger partial charge on any atom is -0.493 e. The Balaban J connectivity index is 1.83. The van der Waals surface area contributed by atoms with Crippen LogP contribution in [-0.4, -0.2) is 61.2 Å². The molecule has 4 aliphatic rings. The fourth-order valence-electron chi connectivity index (χ4n) is 8.54. The normalized spacial score (nSPS) is 41.2. The number of aliphatic hydroxyl groups is 1. The second-order valence-electron chi connectivity index (χ2n) is 12.6. The summed E-state index contributed by atoms with van der Waals surface area (Å²) in [6, 6.07) is 4.73. The molecule has 1 saturated carbocycles. The van der Waals surface area contributed by atoms with E-state index in [0.717, 1.165) is 43.7 Å². The molecule has 1 N–H and O–H groups in total. The van der Waals surface area contributed by atoms with Crippen LogP contribution in [0.25, 0.3) is 0 Å². The first-order valence-corrected chi connectivity index (χ1v) is 12.7. The molecule has 1 aromatic rings. The quantitative estimate of drug-likeness (QED) is 0.718. The summed E-state index contributed by atoms with van der Waals surface area (Å²) in [6.45, 7) is 14.2. The van der Waals surface area contributed by atoms with Gasteiger partial charge in [0.1, 0.15) is 11.7 Å². The minimum atomic E-state index is -0.932. The molecule has 0 amide bonds. The first-order chi connectivity index (χ1) is 15.4. The third-order valence-corrected chi connectivity index (χ3v) is 10.9. The van der Waals surface area contributed by atoms with E-state index < -0.39 is 11.2 Å². The van der Waals surface area contributed by atoms with Gasteiger partial charge in [0.15, 0.2) is 11.5 Å². The molecular formula is C28H43NO4. The summed E-state index contributed by atoms with van der Waals surface area (Å²) in [7, 11) is 5.84. The standard InChI is InChI=1S/C28H43NO4/c1-10-28(32-9)19(26(6,30)24(2,3)4)16-25(5)20-15-17-11-12-18(31-8)22-21(17)27(25,23(28)33-22)13-14-29(20)7/h11-12,19-20,23,30H,10,13-16H2,1-9H3/t19-,20-,23-,25-,26-,27?,28-/m1/s1. The molecule has 1 spiro atoms. The molecule has 1 saturated heterocycles. The highest BCUT2D eigenvalue weighted by molar-refractivity contribution is 5.63. The highest BCUT2D eigenvalue weighted by Crippen LogP contribution is 2.73. The summed E-state index contributed by atoms with van der Waals surface area (Å²) >= 11 is 0. The first kappa shape index (κ1) is 23.4. The number of likely N-dealkylation sites (N-methyl/N-ethyl adjacent to an activating group) is 1. The summed E-state index contributed by atoms with van der Waals surface area (Å²) in [5, 5.41) is 12.2. The summed E-state index contributed by atoms with van der Waals surface area (Å²) < 4.78 is 19.5. The van der Waals surface area contributed by atoms with Crippen LogP contribution in [-0.2, 0) is 16.6 Å². The van der Waals surface area contributed by atoms with Gasteiger partial charge in [0.25, 0.3) is 0 Å². The molecule has 5 rings (SSSR count). The molecule has 2 bridgehead atoms. The van der Waals surface area contributed by atoms with Crippen molar-refractivity contribution in [2.45, 2.75) is 96.0 Å². The highest BCUT2D eigenvalue weighted by Gasteiger charge is 2.78. The van der Waals surface area contributed by atoms with E-state index >= 15 is 0 Å². The third kappa shape index (κ3) is 2.49. The number of nitrogens with zero attached hydrogens (tertiary/aromatic N) is 1. The van der Waals surface area contributed by atoms with Gasteiger partial charge in [-0.15, -0.1) is 0 Å². The molecule has 2 heterocycles. The van der Waals surface area contributed by atoms with Crippen LogP contribution in [0.15, 0.2) is 12.1 Å². The van der Waals surface area contributed by atoms with E-state index in [0.29, 0.717) is 6.04 Å². The van der Waals surface area contributed by atoms with E-state index in [9.17, 15) is 5.11 Å². The van der Waals surface area contributed by atoms with Crippen LogP contribution < -0.4 is 9.47 Å². The van der Waals surface area contributed by atoms with Crippen molar-refractivity contribution in [1.29, 1.82) is 0 Å². The molecule has 5 heteroatoms. The molecule has 33 heavy (non-hydrogen) atoms. The van der Waals surface area contributed by atoms with Gasteiger partial charge in [0, 0.05) is 30.0 Å². The molecule has 1 unspecified atom stereocenters. The number of hydrogen-bond donors (Lipinski definition) is 1. The van der Waals surface area contributed by atoms with Crippen molar-refractivity contribution >= 4 is 0 Å². The Morgan fingerprint density at radius 2 is 1.91 bits per heavy atom. The largest absolute Gasteiger partial charge is 0.493 e. The van der Waals surface area contributed by atoms with Crippen molar-refractivity contribution in [3.05, 3.63) is 23.3 Å². The number of piperidine rings is 1. The van der Waals surface area contributed by atoms with Crippen molar-refractivity contribution in [2.75, 3.05) is 27.8 Å². The van der Waals surface area contributed by atoms with Gasteiger partial charge in [0.05, 0.1) is 12.7 Å². The van der Waals surface area contributed by atoms with Gasteiger partial charge in [0.2, 0.25) is 0 Å². The van der Waals surface area contributed by atoms with E-state index in [1.807, 2.05) is 14.0 Å². The maximum absolute atomic E-state index is 12.2. The zero-order chi connectivity index (χ0) is 24.2. The number of likely N-dealkylation sites (tertiary alicyclic amines) is 1. The summed E-state index contributed by atoms with van der Waals surface area (Å²) in [4.78, 5) is 2.56. The molecule has 0 radical (unpaired) electrons. The molecule has 2 aliphatic heterocycles. The predicted octanol–water partition coefficient (Wildman–Crippen LogP) is 4.57. The summed E-state index contributed by atoms with van der Waals surface area (Å²) in [5.41, 5.74) is 0.715. The second-order valence-corrected chi connectivity index (χ2v) is 12.6. The van der Waals surface area contributed by atoms with Crippen LogP contribution in [0.4, 0.5) is 0 Å². The van der Waals surface area contributed by atoms with Gasteiger partial charge < -0.3 is 24.2 Å². The maximum atomic E-state index is 12.2. The van der Waals surface area contributed by atoms with Crippen molar-refractivity contribution in [3.63, 3.8) is 0 Å². The number of methoxy groups -OCH3 is 2. The van der Waals surface area contributed by atoms with E-state index in [4.69, 9.17) is 14.2 Å². The fraction of sp³-hybridized carbons (Fsp3) is 0.786. The predicted molar refractivity (Wildman–Crippen MR) is 130 cm³/mol. The number of benzene rings is 1. The van der Waals surface area contributed by atoms with E-state index in [1.165, 1.54) is 11.1 Å². The number of hydrogen-bond acceptors (Lipinski definition) is 5. The van der Waals surface area contributed by atoms with Crippen molar-refractivity contribution < 1.29 is 19.3 Å². The average molecular weight is 458 g/mol. The van der Waals surface area contributed by atoms with Gasteiger partial charge in [-0.3, -0.25) is 0 Å². The minimum absolute atomic E-state index is 0.0492. The topological polar surface area (TPSA) is 51.2 Å². The van der Waals surface area contributed by atoms with Gasteiger partial charge in [-0.1, -0.05) is 40.7 Å². The van der Waals surface area contributed by atoms with Crippen LogP contribution in [0.5, 0.6) is 11.5 Å². The lowest BCUT2D eigenvalue weighted by molar-refractivity contribution is -0.276. The van der Waals surface area contributed by atoms with Gasteiger partial charge in [-0.2, -0.15) is 0 Å². The molecule has 5 nitrogen and oxygen atoms in total. The zero-order valence-corrected chi connectivity index (χ0v) is 22.0. The molecule has 184 valence electrons. The smallest absolute Gasteiger partial charge is 0.165 e. The molecule has 2 fully saturated rings. The Bertz CT molecular complexity index is 961.